The van der Waals surface area contributed by atoms with Gasteiger partial charge in [0.15, 0.2) is 5.96 Å². The summed E-state index contributed by atoms with van der Waals surface area (Å²) in [5, 5.41) is 3.26. The number of aliphatic imine (C=N–C) groups is 1. The maximum atomic E-state index is 6.21. The largest absolute Gasteiger partial charge is 0.379 e. The van der Waals surface area contributed by atoms with Gasteiger partial charge in [-0.1, -0.05) is 25.3 Å². The van der Waals surface area contributed by atoms with E-state index in [1.807, 2.05) is 0 Å². The zero-order chi connectivity index (χ0) is 18.4. The quantitative estimate of drug-likeness (QED) is 0.376. The summed E-state index contributed by atoms with van der Waals surface area (Å²) in [7, 11) is 0. The molecular weight excluding hydrogens is 451 g/mol. The summed E-state index contributed by atoms with van der Waals surface area (Å²) < 4.78 is 5.51. The van der Waals surface area contributed by atoms with Gasteiger partial charge in [-0.05, 0) is 49.9 Å². The number of nitrogens with one attached hydrogen (secondary N) is 1. The molecule has 3 N–H and O–H groups in total. The molecule has 0 bridgehead atoms. The molecule has 1 saturated carbocycles. The Bertz CT molecular complexity index is 623. The molecule has 1 aromatic rings. The molecular formula is C21H35IN4O. The van der Waals surface area contributed by atoms with E-state index in [1.54, 1.807) is 0 Å². The monoisotopic (exact) mass is 486 g/mol. The minimum Gasteiger partial charge on any atom is -0.379 e. The van der Waals surface area contributed by atoms with Gasteiger partial charge in [-0.25, -0.2) is 0 Å². The number of guanidine groups is 1. The summed E-state index contributed by atoms with van der Waals surface area (Å²) in [5.41, 5.74) is 10.0. The molecule has 0 aromatic heterocycles. The predicted molar refractivity (Wildman–Crippen MR) is 124 cm³/mol. The van der Waals surface area contributed by atoms with Gasteiger partial charge in [0.05, 0.1) is 13.2 Å². The van der Waals surface area contributed by atoms with Crippen LogP contribution < -0.4 is 11.1 Å². The van der Waals surface area contributed by atoms with Crippen molar-refractivity contribution in [3.8, 4) is 0 Å². The van der Waals surface area contributed by atoms with E-state index in [-0.39, 0.29) is 29.4 Å². The third kappa shape index (κ3) is 6.61. The number of nitrogens with zero attached hydrogens (tertiary/aromatic N) is 2. The number of benzene rings is 1. The normalized spacial score (nSPS) is 20.7. The fourth-order valence-corrected chi connectivity index (χ4v) is 4.16. The standard InChI is InChI=1S/C21H34N4O.HI/c1-17-6-7-19(14-18(17)2)24-20(22)23-15-21(8-4-3-5-9-21)16-25-10-12-26-13-11-25;/h6-7,14H,3-5,8-13,15-16H2,1-2H3,(H3,22,23,24);1H. The molecule has 1 aliphatic heterocycles. The summed E-state index contributed by atoms with van der Waals surface area (Å²) in [4.78, 5) is 7.31. The molecule has 27 heavy (non-hydrogen) atoms. The van der Waals surface area contributed by atoms with Crippen molar-refractivity contribution in [3.05, 3.63) is 29.3 Å². The summed E-state index contributed by atoms with van der Waals surface area (Å²) in [6.07, 6.45) is 6.48. The van der Waals surface area contributed by atoms with Gasteiger partial charge >= 0.3 is 0 Å². The number of morpholine rings is 1. The predicted octanol–water partition coefficient (Wildman–Crippen LogP) is 3.93. The number of halogens is 1. The van der Waals surface area contributed by atoms with Crippen LogP contribution in [0.2, 0.25) is 0 Å². The SMILES string of the molecule is Cc1ccc(NC(N)=NCC2(CN3CCOCC3)CCCCC2)cc1C.I. The Hall–Kier alpha value is -0.860. The Balaban J connectivity index is 0.00000261. The maximum Gasteiger partial charge on any atom is 0.193 e. The second-order valence-electron chi connectivity index (χ2n) is 8.07. The highest BCUT2D eigenvalue weighted by Crippen LogP contribution is 2.37. The van der Waals surface area contributed by atoms with Crippen molar-refractivity contribution in [1.82, 2.24) is 4.90 Å². The van der Waals surface area contributed by atoms with Crippen LogP contribution in [0.1, 0.15) is 43.2 Å². The van der Waals surface area contributed by atoms with Gasteiger partial charge in [-0.2, -0.15) is 0 Å². The molecule has 152 valence electrons. The second-order valence-corrected chi connectivity index (χ2v) is 8.07. The molecule has 0 atom stereocenters. The zero-order valence-corrected chi connectivity index (χ0v) is 19.1. The number of ether oxygens (including phenoxy) is 1. The van der Waals surface area contributed by atoms with E-state index in [1.165, 1.54) is 43.2 Å². The highest BCUT2D eigenvalue weighted by atomic mass is 127. The molecule has 1 aromatic carbocycles. The van der Waals surface area contributed by atoms with Gasteiger partial charge in [0.2, 0.25) is 0 Å². The van der Waals surface area contributed by atoms with Gasteiger partial charge in [0.1, 0.15) is 0 Å². The average Bonchev–Trinajstić information content (AvgIpc) is 2.65. The third-order valence-corrected chi connectivity index (χ3v) is 5.94. The van der Waals surface area contributed by atoms with E-state index in [4.69, 9.17) is 15.5 Å². The second kappa shape index (κ2) is 10.6. The Kier molecular flexibility index (Phi) is 8.82. The van der Waals surface area contributed by atoms with E-state index in [9.17, 15) is 0 Å². The molecule has 2 aliphatic rings. The van der Waals surface area contributed by atoms with Crippen LogP contribution in [0.25, 0.3) is 0 Å². The number of aryl methyl sites for hydroxylation is 2. The Morgan fingerprint density at radius 2 is 1.85 bits per heavy atom. The Labute approximate surface area is 181 Å². The lowest BCUT2D eigenvalue weighted by Gasteiger charge is -2.41. The van der Waals surface area contributed by atoms with Crippen molar-refractivity contribution < 1.29 is 4.74 Å². The summed E-state index contributed by atoms with van der Waals surface area (Å²) >= 11 is 0. The summed E-state index contributed by atoms with van der Waals surface area (Å²) in [5.74, 6) is 0.528. The number of rotatable bonds is 5. The minimum absolute atomic E-state index is 0. The van der Waals surface area contributed by atoms with Gasteiger partial charge in [-0.15, -0.1) is 24.0 Å². The number of nitrogens with two attached hydrogens (primary N) is 1. The molecule has 0 spiro atoms. The van der Waals surface area contributed by atoms with Crippen LogP contribution in [0.4, 0.5) is 5.69 Å². The van der Waals surface area contributed by atoms with Crippen LogP contribution in [-0.4, -0.2) is 50.3 Å². The van der Waals surface area contributed by atoms with Gasteiger partial charge in [-0.3, -0.25) is 9.89 Å². The molecule has 1 heterocycles. The highest BCUT2D eigenvalue weighted by Gasteiger charge is 2.34. The van der Waals surface area contributed by atoms with E-state index in [0.717, 1.165) is 45.1 Å². The van der Waals surface area contributed by atoms with Crippen LogP contribution in [0, 0.1) is 19.3 Å². The van der Waals surface area contributed by atoms with E-state index >= 15 is 0 Å². The Morgan fingerprint density at radius 1 is 1.15 bits per heavy atom. The molecule has 6 heteroatoms. The number of anilines is 1. The fourth-order valence-electron chi connectivity index (χ4n) is 4.16. The van der Waals surface area contributed by atoms with Crippen LogP contribution in [-0.2, 0) is 4.74 Å². The lowest BCUT2D eigenvalue weighted by Crippen LogP contribution is -2.46. The first kappa shape index (κ1) is 22.4. The zero-order valence-electron chi connectivity index (χ0n) is 16.8. The lowest BCUT2D eigenvalue weighted by atomic mass is 9.73. The third-order valence-electron chi connectivity index (χ3n) is 5.94. The average molecular weight is 486 g/mol. The van der Waals surface area contributed by atoms with Crippen LogP contribution >= 0.6 is 24.0 Å². The van der Waals surface area contributed by atoms with Crippen molar-refractivity contribution >= 4 is 35.6 Å². The van der Waals surface area contributed by atoms with Crippen LogP contribution in [0.15, 0.2) is 23.2 Å². The minimum atomic E-state index is 0. The van der Waals surface area contributed by atoms with Gasteiger partial charge in [0.25, 0.3) is 0 Å². The van der Waals surface area contributed by atoms with Crippen molar-refractivity contribution in [3.63, 3.8) is 0 Å². The first-order valence-corrected chi connectivity index (χ1v) is 10.0. The van der Waals surface area contributed by atoms with E-state index in [0.29, 0.717) is 5.96 Å². The molecule has 5 nitrogen and oxygen atoms in total. The molecule has 0 amide bonds. The lowest BCUT2D eigenvalue weighted by molar-refractivity contribution is 0.00940. The van der Waals surface area contributed by atoms with E-state index in [2.05, 4.69) is 42.3 Å². The van der Waals surface area contributed by atoms with Crippen molar-refractivity contribution in [2.75, 3.05) is 44.7 Å². The molecule has 0 radical (unpaired) electrons. The van der Waals surface area contributed by atoms with E-state index < -0.39 is 0 Å². The highest BCUT2D eigenvalue weighted by molar-refractivity contribution is 14.0. The van der Waals surface area contributed by atoms with Crippen molar-refractivity contribution in [1.29, 1.82) is 0 Å². The Morgan fingerprint density at radius 3 is 2.52 bits per heavy atom. The van der Waals surface area contributed by atoms with Gasteiger partial charge in [0, 0.05) is 37.3 Å². The first-order valence-electron chi connectivity index (χ1n) is 10.0. The molecule has 3 rings (SSSR count). The molecule has 0 unspecified atom stereocenters. The topological polar surface area (TPSA) is 62.9 Å². The smallest absolute Gasteiger partial charge is 0.193 e. The van der Waals surface area contributed by atoms with Gasteiger partial charge < -0.3 is 15.8 Å². The molecule has 1 aliphatic carbocycles. The molecule has 2 fully saturated rings. The maximum absolute atomic E-state index is 6.21. The number of hydrogen-bond acceptors (Lipinski definition) is 3. The van der Waals surface area contributed by atoms with Crippen LogP contribution in [0.5, 0.6) is 0 Å². The number of hydrogen-bond donors (Lipinski definition) is 2. The fraction of sp³-hybridized carbons (Fsp3) is 0.667. The summed E-state index contributed by atoms with van der Waals surface area (Å²) in [6.45, 7) is 9.97. The molecule has 1 saturated heterocycles. The summed E-state index contributed by atoms with van der Waals surface area (Å²) in [6, 6.07) is 6.31. The van der Waals surface area contributed by atoms with Crippen molar-refractivity contribution in [2.24, 2.45) is 16.1 Å². The van der Waals surface area contributed by atoms with Crippen LogP contribution in [0.3, 0.4) is 0 Å². The van der Waals surface area contributed by atoms with Crippen molar-refractivity contribution in [2.45, 2.75) is 46.0 Å². The first-order chi connectivity index (χ1) is 12.6.